The quantitative estimate of drug-likeness (QED) is 0.382. The number of nitrogens with one attached hydrogen (secondary N) is 1. The van der Waals surface area contributed by atoms with Gasteiger partial charge in [-0.25, -0.2) is 9.07 Å². The van der Waals surface area contributed by atoms with Gasteiger partial charge in [0.15, 0.2) is 5.69 Å². The molecule has 3 atom stereocenters. The maximum absolute atomic E-state index is 14.4. The molecule has 2 aromatic carbocycles. The minimum absolute atomic E-state index is 0.00719. The van der Waals surface area contributed by atoms with Crippen LogP contribution in [-0.2, 0) is 15.7 Å². The van der Waals surface area contributed by atoms with Gasteiger partial charge in [0.25, 0.3) is 17.7 Å². The second-order valence-electron chi connectivity index (χ2n) is 11.8. The summed E-state index contributed by atoms with van der Waals surface area (Å²) in [6.45, 7) is 3.03. The molecule has 47 heavy (non-hydrogen) atoms. The van der Waals surface area contributed by atoms with Gasteiger partial charge in [0.1, 0.15) is 23.7 Å². The van der Waals surface area contributed by atoms with Gasteiger partial charge in [0.05, 0.1) is 17.7 Å². The topological polar surface area (TPSA) is 121 Å². The molecule has 0 aliphatic carbocycles. The predicted molar refractivity (Wildman–Crippen MR) is 160 cm³/mol. The number of rotatable bonds is 6. The fraction of sp³-hybridized carbons (Fsp3) is 0.424. The minimum atomic E-state index is -4.70. The van der Waals surface area contributed by atoms with Crippen molar-refractivity contribution in [2.75, 3.05) is 31.2 Å². The van der Waals surface area contributed by atoms with E-state index in [1.165, 1.54) is 40.1 Å². The Hall–Kier alpha value is -4.77. The number of anilines is 1. The third-order valence-electron chi connectivity index (χ3n) is 9.04. The number of halogens is 4. The van der Waals surface area contributed by atoms with Gasteiger partial charge in [-0.15, -0.1) is 0 Å². The van der Waals surface area contributed by atoms with Crippen LogP contribution in [0.3, 0.4) is 0 Å². The van der Waals surface area contributed by atoms with Gasteiger partial charge >= 0.3 is 6.18 Å². The number of likely N-dealkylation sites (tertiary alicyclic amines) is 1. The number of ether oxygens (including phenoxy) is 1. The highest BCUT2D eigenvalue weighted by molar-refractivity contribution is 6.07. The Morgan fingerprint density at radius 3 is 2.49 bits per heavy atom. The summed E-state index contributed by atoms with van der Waals surface area (Å²) in [5, 5.41) is 17.3. The molecule has 0 radical (unpaired) electrons. The van der Waals surface area contributed by atoms with Crippen molar-refractivity contribution in [3.8, 4) is 6.07 Å². The SMILES string of the molecule is CCN1C(=O)[C@H](NC(=O)c2cccc(C(F)(F)F)c2)[C@H](c2ccc(F)cc2)c2c(C(=O)N3CCC[C@H]3C#N)nn(C3CCOCC3)c21. The molecule has 4 heterocycles. The van der Waals surface area contributed by atoms with E-state index >= 15 is 0 Å². The van der Waals surface area contributed by atoms with Crippen LogP contribution in [0, 0.1) is 17.1 Å². The average molecular weight is 653 g/mol. The molecular formula is C33H32F4N6O4. The van der Waals surface area contributed by atoms with Crippen molar-refractivity contribution in [2.24, 2.45) is 0 Å². The number of carbonyl (C=O) groups is 3. The van der Waals surface area contributed by atoms with Crippen molar-refractivity contribution in [3.05, 3.63) is 82.3 Å². The molecule has 3 amide bonds. The summed E-state index contributed by atoms with van der Waals surface area (Å²) in [6.07, 6.45) is -2.50. The van der Waals surface area contributed by atoms with Crippen molar-refractivity contribution in [1.29, 1.82) is 5.26 Å². The smallest absolute Gasteiger partial charge is 0.381 e. The first-order chi connectivity index (χ1) is 22.5. The summed E-state index contributed by atoms with van der Waals surface area (Å²) in [4.78, 5) is 45.1. The second kappa shape index (κ2) is 12.8. The average Bonchev–Trinajstić information content (AvgIpc) is 3.71. The Morgan fingerprint density at radius 1 is 1.11 bits per heavy atom. The number of nitrogens with zero attached hydrogens (tertiary/aromatic N) is 5. The summed E-state index contributed by atoms with van der Waals surface area (Å²) in [7, 11) is 0. The molecule has 0 bridgehead atoms. The van der Waals surface area contributed by atoms with Gasteiger partial charge in [0.2, 0.25) is 0 Å². The highest BCUT2D eigenvalue weighted by atomic mass is 19.4. The highest BCUT2D eigenvalue weighted by Gasteiger charge is 2.49. The lowest BCUT2D eigenvalue weighted by Gasteiger charge is -2.39. The lowest BCUT2D eigenvalue weighted by Crippen LogP contribution is -2.56. The molecule has 1 N–H and O–H groups in total. The molecule has 3 aliphatic heterocycles. The van der Waals surface area contributed by atoms with E-state index in [1.54, 1.807) is 11.6 Å². The monoisotopic (exact) mass is 652 g/mol. The van der Waals surface area contributed by atoms with Crippen LogP contribution in [0.4, 0.5) is 23.4 Å². The number of amides is 3. The molecular weight excluding hydrogens is 620 g/mol. The van der Waals surface area contributed by atoms with E-state index < -0.39 is 53.3 Å². The number of likely N-dealkylation sites (N-methyl/N-ethyl adjacent to an activating group) is 1. The largest absolute Gasteiger partial charge is 0.416 e. The van der Waals surface area contributed by atoms with Crippen molar-refractivity contribution < 1.29 is 36.7 Å². The molecule has 0 unspecified atom stereocenters. The number of nitriles is 1. The van der Waals surface area contributed by atoms with Gasteiger partial charge in [-0.05, 0) is 68.5 Å². The first kappa shape index (κ1) is 32.2. The van der Waals surface area contributed by atoms with Crippen LogP contribution < -0.4 is 10.2 Å². The van der Waals surface area contributed by atoms with E-state index in [2.05, 4.69) is 11.4 Å². The number of carbonyl (C=O) groups excluding carboxylic acids is 3. The molecule has 246 valence electrons. The van der Waals surface area contributed by atoms with Gasteiger partial charge in [-0.2, -0.15) is 23.5 Å². The lowest BCUT2D eigenvalue weighted by molar-refractivity contribution is -0.137. The Labute approximate surface area is 267 Å². The zero-order valence-electron chi connectivity index (χ0n) is 25.5. The van der Waals surface area contributed by atoms with E-state index in [-0.39, 0.29) is 23.8 Å². The first-order valence-corrected chi connectivity index (χ1v) is 15.5. The normalized spacial score (nSPS) is 21.8. The van der Waals surface area contributed by atoms with E-state index in [4.69, 9.17) is 9.84 Å². The summed E-state index contributed by atoms with van der Waals surface area (Å²) < 4.78 is 61.9. The third kappa shape index (κ3) is 5.95. The van der Waals surface area contributed by atoms with Crippen molar-refractivity contribution in [3.63, 3.8) is 0 Å². The molecule has 0 saturated carbocycles. The lowest BCUT2D eigenvalue weighted by atomic mass is 9.80. The van der Waals surface area contributed by atoms with Crippen LogP contribution in [0.15, 0.2) is 48.5 Å². The highest BCUT2D eigenvalue weighted by Crippen LogP contribution is 2.45. The van der Waals surface area contributed by atoms with Crippen molar-refractivity contribution >= 4 is 23.5 Å². The van der Waals surface area contributed by atoms with Gasteiger partial charge < -0.3 is 15.0 Å². The maximum Gasteiger partial charge on any atom is 0.416 e. The second-order valence-corrected chi connectivity index (χ2v) is 11.8. The van der Waals surface area contributed by atoms with E-state index in [0.29, 0.717) is 68.5 Å². The molecule has 1 aromatic heterocycles. The Balaban J connectivity index is 1.54. The van der Waals surface area contributed by atoms with E-state index in [1.807, 2.05) is 0 Å². The first-order valence-electron chi connectivity index (χ1n) is 15.5. The summed E-state index contributed by atoms with van der Waals surface area (Å²) >= 11 is 0. The number of benzene rings is 2. The molecule has 2 saturated heterocycles. The number of aromatic nitrogens is 2. The third-order valence-corrected chi connectivity index (χ3v) is 9.04. The van der Waals surface area contributed by atoms with Crippen LogP contribution in [-0.4, -0.2) is 70.8 Å². The van der Waals surface area contributed by atoms with Crippen molar-refractivity contribution in [2.45, 2.75) is 62.8 Å². The van der Waals surface area contributed by atoms with Crippen LogP contribution >= 0.6 is 0 Å². The molecule has 3 aliphatic rings. The van der Waals surface area contributed by atoms with Gasteiger partial charge in [0, 0.05) is 43.3 Å². The number of hydrogen-bond donors (Lipinski definition) is 1. The molecule has 14 heteroatoms. The van der Waals surface area contributed by atoms with Gasteiger partial charge in [-0.3, -0.25) is 19.3 Å². The number of alkyl halides is 3. The van der Waals surface area contributed by atoms with Crippen molar-refractivity contribution in [1.82, 2.24) is 20.0 Å². The Bertz CT molecular complexity index is 1730. The van der Waals surface area contributed by atoms with E-state index in [0.717, 1.165) is 12.1 Å². The van der Waals surface area contributed by atoms with E-state index in [9.17, 15) is 37.2 Å². The fourth-order valence-corrected chi connectivity index (χ4v) is 6.74. The molecule has 6 rings (SSSR count). The maximum atomic E-state index is 14.4. The van der Waals surface area contributed by atoms with Crippen LogP contribution in [0.5, 0.6) is 0 Å². The van der Waals surface area contributed by atoms with Gasteiger partial charge in [-0.1, -0.05) is 18.2 Å². The molecule has 2 fully saturated rings. The minimum Gasteiger partial charge on any atom is -0.381 e. The van der Waals surface area contributed by atoms with Crippen LogP contribution in [0.25, 0.3) is 0 Å². The zero-order chi connectivity index (χ0) is 33.5. The summed E-state index contributed by atoms with van der Waals surface area (Å²) in [5.74, 6) is -3.31. The standard InChI is InChI=1S/C33H32F4N6O4/c1-2-41-30-26(28(32(46)42-14-4-7-24(42)18-38)40-43(30)23-12-15-47-16-13-23)25(19-8-10-22(34)11-9-19)27(31(41)45)39-29(44)20-5-3-6-21(17-20)33(35,36)37/h3,5-6,8-11,17,23-25,27H,2,4,7,12-16H2,1H3,(H,39,44)/t24-,25+,27+/m0/s1. The predicted octanol–water partition coefficient (Wildman–Crippen LogP) is 4.82. The molecule has 10 nitrogen and oxygen atoms in total. The summed E-state index contributed by atoms with van der Waals surface area (Å²) in [5.41, 5.74) is -0.664. The number of hydrogen-bond acceptors (Lipinski definition) is 6. The molecule has 0 spiro atoms. The fourth-order valence-electron chi connectivity index (χ4n) is 6.74. The zero-order valence-corrected chi connectivity index (χ0v) is 25.5. The Kier molecular flexibility index (Phi) is 8.76. The van der Waals surface area contributed by atoms with Crippen LogP contribution in [0.2, 0.25) is 0 Å². The van der Waals surface area contributed by atoms with Crippen LogP contribution in [0.1, 0.15) is 82.1 Å². The number of fused-ring (bicyclic) bond motifs is 1. The molecule has 3 aromatic rings. The summed E-state index contributed by atoms with van der Waals surface area (Å²) in [6, 6.07) is 8.95. The Morgan fingerprint density at radius 2 is 1.83 bits per heavy atom.